The Kier molecular flexibility index (Phi) is 8.32. The number of aliphatic carboxylic acids is 1. The summed E-state index contributed by atoms with van der Waals surface area (Å²) in [6.45, 7) is 9.25. The monoisotopic (exact) mass is 439 g/mol. The van der Waals surface area contributed by atoms with Crippen LogP contribution < -0.4 is 0 Å². The van der Waals surface area contributed by atoms with Crippen molar-refractivity contribution >= 4 is 19.6 Å². The molecular formula is C23H33FO5P+. The van der Waals surface area contributed by atoms with Crippen molar-refractivity contribution in [3.05, 3.63) is 41.2 Å². The Balaban J connectivity index is 2.06. The Morgan fingerprint density at radius 2 is 1.87 bits per heavy atom. The van der Waals surface area contributed by atoms with Crippen LogP contribution in [-0.4, -0.2) is 35.1 Å². The maximum atomic E-state index is 13.4. The summed E-state index contributed by atoms with van der Waals surface area (Å²) in [5.41, 5.74) is 3.72. The van der Waals surface area contributed by atoms with Gasteiger partial charge in [0.1, 0.15) is 18.5 Å². The average Bonchev–Trinajstić information content (AvgIpc) is 2.58. The molecule has 166 valence electrons. The van der Waals surface area contributed by atoms with E-state index in [9.17, 15) is 18.9 Å². The summed E-state index contributed by atoms with van der Waals surface area (Å²) < 4.78 is 30.7. The van der Waals surface area contributed by atoms with Crippen LogP contribution in [0.4, 0.5) is 4.39 Å². The molecule has 2 rings (SSSR count). The highest BCUT2D eigenvalue weighted by Gasteiger charge is 2.39. The van der Waals surface area contributed by atoms with Crippen LogP contribution in [0.2, 0.25) is 0 Å². The molecule has 1 aliphatic carbocycles. The van der Waals surface area contributed by atoms with Gasteiger partial charge < -0.3 is 10.2 Å². The third-order valence-corrected chi connectivity index (χ3v) is 6.72. The molecule has 2 unspecified atom stereocenters. The van der Waals surface area contributed by atoms with Gasteiger partial charge in [-0.25, -0.2) is 4.39 Å². The standard InChI is InChI=1S/C23H32FO5P/c1-22(2)13-19(16-7-9-17(24)10-8-16)20(23(3,4)15-22)6-5-11-29-30(28)14-18(25)12-21(26)27/h7-10,18,25H,5-6,11-15H2,1-4H3/p+1. The minimum Gasteiger partial charge on any atom is -0.481 e. The SMILES string of the molecule is CC1(C)CC(c2ccc(F)cc2)=C(CCCO[P+](=O)CC(O)CC(=O)O)C(C)(C)C1. The zero-order chi connectivity index (χ0) is 22.5. The maximum absolute atomic E-state index is 13.4. The second kappa shape index (κ2) is 10.1. The van der Waals surface area contributed by atoms with Gasteiger partial charge in [-0.1, -0.05) is 45.4 Å². The molecule has 2 N–H and O–H groups in total. The smallest absolute Gasteiger partial charge is 0.481 e. The Morgan fingerprint density at radius 1 is 1.23 bits per heavy atom. The van der Waals surface area contributed by atoms with Crippen molar-refractivity contribution in [3.8, 4) is 0 Å². The molecule has 2 atom stereocenters. The van der Waals surface area contributed by atoms with Gasteiger partial charge in [0.25, 0.3) is 0 Å². The predicted octanol–water partition coefficient (Wildman–Crippen LogP) is 5.80. The lowest BCUT2D eigenvalue weighted by Crippen LogP contribution is -2.31. The molecule has 1 aliphatic rings. The number of halogens is 1. The fraction of sp³-hybridized carbons (Fsp3) is 0.609. The number of hydrogen-bond donors (Lipinski definition) is 2. The fourth-order valence-electron chi connectivity index (χ4n) is 4.68. The van der Waals surface area contributed by atoms with Gasteiger partial charge in [-0.15, -0.1) is 4.52 Å². The minimum atomic E-state index is -2.10. The van der Waals surface area contributed by atoms with E-state index in [4.69, 9.17) is 9.63 Å². The fourth-order valence-corrected chi connectivity index (χ4v) is 5.59. The minimum absolute atomic E-state index is 0.0225. The van der Waals surface area contributed by atoms with Gasteiger partial charge >= 0.3 is 14.0 Å². The highest BCUT2D eigenvalue weighted by atomic mass is 31.1. The number of carbonyl (C=O) groups is 1. The second-order valence-corrected chi connectivity index (χ2v) is 10.9. The zero-order valence-corrected chi connectivity index (χ0v) is 19.2. The average molecular weight is 439 g/mol. The first-order chi connectivity index (χ1) is 13.9. The van der Waals surface area contributed by atoms with E-state index >= 15 is 0 Å². The molecule has 30 heavy (non-hydrogen) atoms. The van der Waals surface area contributed by atoms with E-state index in [0.29, 0.717) is 6.42 Å². The van der Waals surface area contributed by atoms with Crippen LogP contribution >= 0.6 is 8.03 Å². The van der Waals surface area contributed by atoms with Gasteiger partial charge in [-0.05, 0) is 64.3 Å². The highest BCUT2D eigenvalue weighted by molar-refractivity contribution is 7.39. The quantitative estimate of drug-likeness (QED) is 0.356. The topological polar surface area (TPSA) is 83.8 Å². The molecule has 1 aromatic rings. The van der Waals surface area contributed by atoms with Gasteiger partial charge in [0.2, 0.25) is 6.16 Å². The van der Waals surface area contributed by atoms with Crippen LogP contribution in [0, 0.1) is 16.6 Å². The molecular weight excluding hydrogens is 406 g/mol. The Hall–Kier alpha value is -1.62. The third kappa shape index (κ3) is 7.26. The lowest BCUT2D eigenvalue weighted by Gasteiger charge is -2.44. The molecule has 0 bridgehead atoms. The van der Waals surface area contributed by atoms with Gasteiger partial charge in [0.15, 0.2) is 0 Å². The summed E-state index contributed by atoms with van der Waals surface area (Å²) >= 11 is 0. The number of hydrogen-bond acceptors (Lipinski definition) is 4. The van der Waals surface area contributed by atoms with Crippen LogP contribution in [0.3, 0.4) is 0 Å². The van der Waals surface area contributed by atoms with Crippen molar-refractivity contribution < 1.29 is 28.5 Å². The first kappa shape index (κ1) is 24.6. The van der Waals surface area contributed by atoms with E-state index in [2.05, 4.69) is 27.7 Å². The highest BCUT2D eigenvalue weighted by Crippen LogP contribution is 2.53. The van der Waals surface area contributed by atoms with Gasteiger partial charge in [0, 0.05) is 0 Å². The maximum Gasteiger partial charge on any atom is 0.510 e. The second-order valence-electron chi connectivity index (χ2n) is 9.57. The summed E-state index contributed by atoms with van der Waals surface area (Å²) in [5.74, 6) is -1.38. The van der Waals surface area contributed by atoms with Crippen LogP contribution in [0.25, 0.3) is 5.57 Å². The van der Waals surface area contributed by atoms with E-state index in [1.807, 2.05) is 12.1 Å². The number of aliphatic hydroxyl groups is 1. The number of rotatable bonds is 10. The number of benzene rings is 1. The van der Waals surface area contributed by atoms with Gasteiger partial charge in [-0.2, -0.15) is 0 Å². The molecule has 0 aliphatic heterocycles. The summed E-state index contributed by atoms with van der Waals surface area (Å²) in [6, 6.07) is 6.65. The van der Waals surface area contributed by atoms with Crippen LogP contribution in [0.5, 0.6) is 0 Å². The van der Waals surface area contributed by atoms with Crippen molar-refractivity contribution in [2.45, 2.75) is 65.9 Å². The van der Waals surface area contributed by atoms with E-state index in [0.717, 1.165) is 24.8 Å². The third-order valence-electron chi connectivity index (χ3n) is 5.53. The van der Waals surface area contributed by atoms with E-state index < -0.39 is 26.5 Å². The van der Waals surface area contributed by atoms with E-state index in [-0.39, 0.29) is 29.4 Å². The van der Waals surface area contributed by atoms with Crippen molar-refractivity contribution in [3.63, 3.8) is 0 Å². The molecule has 7 heteroatoms. The number of aliphatic hydroxyl groups excluding tert-OH is 1. The molecule has 0 saturated heterocycles. The van der Waals surface area contributed by atoms with Crippen LogP contribution in [0.1, 0.15) is 65.4 Å². The van der Waals surface area contributed by atoms with Gasteiger partial charge in [-0.3, -0.25) is 4.79 Å². The molecule has 0 saturated carbocycles. The van der Waals surface area contributed by atoms with Crippen molar-refractivity contribution in [1.82, 2.24) is 0 Å². The van der Waals surface area contributed by atoms with Crippen LogP contribution in [-0.2, 0) is 13.9 Å². The Labute approximate surface area is 179 Å². The van der Waals surface area contributed by atoms with Crippen LogP contribution in [0.15, 0.2) is 29.8 Å². The normalized spacial score (nSPS) is 19.5. The summed E-state index contributed by atoms with van der Waals surface area (Å²) in [4.78, 5) is 10.6. The largest absolute Gasteiger partial charge is 0.510 e. The molecule has 0 spiro atoms. The molecule has 0 fully saturated rings. The van der Waals surface area contributed by atoms with E-state index in [1.165, 1.54) is 23.3 Å². The Morgan fingerprint density at radius 3 is 2.47 bits per heavy atom. The predicted molar refractivity (Wildman–Crippen MR) is 116 cm³/mol. The summed E-state index contributed by atoms with van der Waals surface area (Å²) in [6.07, 6.45) is 1.60. The molecule has 0 amide bonds. The number of carboxylic acids is 1. The first-order valence-electron chi connectivity index (χ1n) is 10.4. The lowest BCUT2D eigenvalue weighted by molar-refractivity contribution is -0.138. The molecule has 5 nitrogen and oxygen atoms in total. The molecule has 0 aromatic heterocycles. The molecule has 1 aromatic carbocycles. The Bertz CT molecular complexity index is 798. The van der Waals surface area contributed by atoms with Gasteiger partial charge in [0.05, 0.1) is 6.42 Å². The van der Waals surface area contributed by atoms with Crippen molar-refractivity contribution in [1.29, 1.82) is 0 Å². The van der Waals surface area contributed by atoms with Crippen molar-refractivity contribution in [2.75, 3.05) is 12.8 Å². The summed E-state index contributed by atoms with van der Waals surface area (Å²) in [5, 5.41) is 18.2. The lowest BCUT2D eigenvalue weighted by atomic mass is 9.61. The zero-order valence-electron chi connectivity index (χ0n) is 18.3. The molecule has 0 radical (unpaired) electrons. The first-order valence-corrected chi connectivity index (χ1v) is 11.7. The number of allylic oxidation sites excluding steroid dienone is 2. The van der Waals surface area contributed by atoms with Crippen molar-refractivity contribution in [2.24, 2.45) is 10.8 Å². The van der Waals surface area contributed by atoms with E-state index in [1.54, 1.807) is 0 Å². The number of carboxylic acid groups (broad SMARTS) is 1. The summed E-state index contributed by atoms with van der Waals surface area (Å²) in [7, 11) is -2.10. The molecule has 0 heterocycles.